The van der Waals surface area contributed by atoms with E-state index in [-0.39, 0.29) is 17.2 Å². The minimum atomic E-state index is -4.16. The Bertz CT molecular complexity index is 1150. The molecule has 1 aliphatic rings. The summed E-state index contributed by atoms with van der Waals surface area (Å²) in [5.74, 6) is -1.01. The normalized spacial score (nSPS) is 15.7. The molecular weight excluding hydrogens is 498 g/mol. The fraction of sp³-hybridized carbons (Fsp3) is 0.615. The number of sulfonamides is 1. The topological polar surface area (TPSA) is 138 Å². The van der Waals surface area contributed by atoms with Crippen molar-refractivity contribution in [2.45, 2.75) is 95.0 Å². The first-order valence-corrected chi connectivity index (χ1v) is 14.2. The third kappa shape index (κ3) is 8.84. The number of methoxy groups -OCH3 is 1. The Hall–Kier alpha value is -2.95. The molecule has 0 radical (unpaired) electrons. The standard InChI is InChI=1S/C26H37N3O7S/c1-26(2,3)35-22(30)17-19(12-8-11-18-9-6-5-7-10-18)25-27-23(28-36-25)24(31)29-37(32,33)21-15-13-20(34-4)14-16-21/h13-16,18-19H,5-12,17H2,1-4H3,(H,29,31). The van der Waals surface area contributed by atoms with Crippen molar-refractivity contribution >= 4 is 21.9 Å². The Morgan fingerprint density at radius 3 is 2.43 bits per heavy atom. The third-order valence-electron chi connectivity index (χ3n) is 6.31. The summed E-state index contributed by atoms with van der Waals surface area (Å²) in [7, 11) is -2.70. The summed E-state index contributed by atoms with van der Waals surface area (Å²) in [6.07, 6.45) is 8.81. The zero-order valence-corrected chi connectivity index (χ0v) is 22.8. The second-order valence-electron chi connectivity index (χ2n) is 10.5. The van der Waals surface area contributed by atoms with Crippen molar-refractivity contribution in [3.05, 3.63) is 36.0 Å². The molecule has 1 aliphatic carbocycles. The summed E-state index contributed by atoms with van der Waals surface area (Å²) in [6, 6.07) is 5.58. The van der Waals surface area contributed by atoms with Gasteiger partial charge in [0.1, 0.15) is 11.4 Å². The second kappa shape index (κ2) is 12.5. The van der Waals surface area contributed by atoms with Gasteiger partial charge in [0.15, 0.2) is 0 Å². The number of nitrogens with zero attached hydrogens (tertiary/aromatic N) is 2. The molecule has 0 spiro atoms. The van der Waals surface area contributed by atoms with Gasteiger partial charge in [0.2, 0.25) is 5.89 Å². The second-order valence-corrected chi connectivity index (χ2v) is 12.2. The fourth-order valence-electron chi connectivity index (χ4n) is 4.50. The number of carbonyl (C=O) groups is 2. The minimum Gasteiger partial charge on any atom is -0.497 e. The number of hydrogen-bond donors (Lipinski definition) is 1. The van der Waals surface area contributed by atoms with Crippen LogP contribution < -0.4 is 9.46 Å². The highest BCUT2D eigenvalue weighted by Crippen LogP contribution is 2.31. The van der Waals surface area contributed by atoms with Crippen molar-refractivity contribution in [3.8, 4) is 5.75 Å². The predicted molar refractivity (Wildman–Crippen MR) is 136 cm³/mol. The van der Waals surface area contributed by atoms with Gasteiger partial charge in [-0.1, -0.05) is 50.1 Å². The Balaban J connectivity index is 1.69. The van der Waals surface area contributed by atoms with E-state index in [1.54, 1.807) is 20.8 Å². The molecule has 0 saturated heterocycles. The van der Waals surface area contributed by atoms with Gasteiger partial charge in [-0.3, -0.25) is 9.59 Å². The SMILES string of the molecule is COc1ccc(S(=O)(=O)NC(=O)c2noc(C(CCCC3CCCCC3)CC(=O)OC(C)(C)C)n2)cc1. The van der Waals surface area contributed by atoms with E-state index in [0.717, 1.165) is 12.8 Å². The smallest absolute Gasteiger partial charge is 0.307 e. The third-order valence-corrected chi connectivity index (χ3v) is 7.66. The molecule has 1 aromatic carbocycles. The summed E-state index contributed by atoms with van der Waals surface area (Å²) < 4.78 is 43.0. The highest BCUT2D eigenvalue weighted by Gasteiger charge is 2.29. The lowest BCUT2D eigenvalue weighted by Crippen LogP contribution is -2.31. The van der Waals surface area contributed by atoms with Gasteiger partial charge in [-0.05, 0) is 57.4 Å². The number of hydrogen-bond acceptors (Lipinski definition) is 9. The van der Waals surface area contributed by atoms with Gasteiger partial charge in [-0.2, -0.15) is 4.98 Å². The van der Waals surface area contributed by atoms with Crippen molar-refractivity contribution < 1.29 is 32.0 Å². The quantitative estimate of drug-likeness (QED) is 0.403. The van der Waals surface area contributed by atoms with Crippen LogP contribution in [0.4, 0.5) is 0 Å². The van der Waals surface area contributed by atoms with Crippen LogP contribution in [0.15, 0.2) is 33.7 Å². The molecule has 1 saturated carbocycles. The molecule has 10 nitrogen and oxygen atoms in total. The number of nitrogens with one attached hydrogen (secondary N) is 1. The first-order valence-electron chi connectivity index (χ1n) is 12.7. The van der Waals surface area contributed by atoms with Gasteiger partial charge in [0, 0.05) is 5.92 Å². The van der Waals surface area contributed by atoms with E-state index in [9.17, 15) is 18.0 Å². The lowest BCUT2D eigenvalue weighted by molar-refractivity contribution is -0.155. The van der Waals surface area contributed by atoms with Gasteiger partial charge in [0.25, 0.3) is 15.8 Å². The van der Waals surface area contributed by atoms with Gasteiger partial charge in [-0.25, -0.2) is 13.1 Å². The molecule has 1 unspecified atom stereocenters. The molecule has 3 rings (SSSR count). The van der Waals surface area contributed by atoms with Gasteiger partial charge < -0.3 is 14.0 Å². The summed E-state index contributed by atoms with van der Waals surface area (Å²) in [5.41, 5.74) is -0.639. The maximum atomic E-state index is 12.6. The summed E-state index contributed by atoms with van der Waals surface area (Å²) in [5, 5.41) is 3.69. The minimum absolute atomic E-state index is 0.0232. The Morgan fingerprint density at radius 1 is 1.14 bits per heavy atom. The largest absolute Gasteiger partial charge is 0.497 e. The summed E-state index contributed by atoms with van der Waals surface area (Å²) in [6.45, 7) is 5.38. The van der Waals surface area contributed by atoms with E-state index in [1.807, 2.05) is 4.72 Å². The maximum absolute atomic E-state index is 12.6. The molecule has 204 valence electrons. The molecule has 37 heavy (non-hydrogen) atoms. The average molecular weight is 536 g/mol. The number of carbonyl (C=O) groups excluding carboxylic acids is 2. The van der Waals surface area contributed by atoms with Crippen LogP contribution in [0, 0.1) is 5.92 Å². The Labute approximate surface area is 218 Å². The number of aromatic nitrogens is 2. The van der Waals surface area contributed by atoms with Crippen molar-refractivity contribution in [2.24, 2.45) is 5.92 Å². The van der Waals surface area contributed by atoms with Crippen LogP contribution in [0.2, 0.25) is 0 Å². The first-order chi connectivity index (χ1) is 17.5. The molecule has 1 amide bonds. The van der Waals surface area contributed by atoms with Crippen LogP contribution in [0.1, 0.15) is 101 Å². The molecule has 2 aromatic rings. The Morgan fingerprint density at radius 2 is 1.81 bits per heavy atom. The molecule has 11 heteroatoms. The van der Waals surface area contributed by atoms with E-state index < -0.39 is 39.2 Å². The van der Waals surface area contributed by atoms with Gasteiger partial charge in [-0.15, -0.1) is 0 Å². The number of ether oxygens (including phenoxy) is 2. The van der Waals surface area contributed by atoms with Gasteiger partial charge in [0.05, 0.1) is 18.4 Å². The van der Waals surface area contributed by atoms with E-state index in [1.165, 1.54) is 63.5 Å². The van der Waals surface area contributed by atoms with E-state index in [2.05, 4.69) is 10.1 Å². The maximum Gasteiger partial charge on any atom is 0.307 e. The molecule has 0 aliphatic heterocycles. The van der Waals surface area contributed by atoms with E-state index >= 15 is 0 Å². The molecule has 1 heterocycles. The van der Waals surface area contributed by atoms with Crippen LogP contribution >= 0.6 is 0 Å². The van der Waals surface area contributed by atoms with Crippen molar-refractivity contribution in [1.29, 1.82) is 0 Å². The highest BCUT2D eigenvalue weighted by molar-refractivity contribution is 7.90. The van der Waals surface area contributed by atoms with Crippen LogP contribution in [-0.4, -0.2) is 43.1 Å². The van der Waals surface area contributed by atoms with E-state index in [4.69, 9.17) is 14.0 Å². The van der Waals surface area contributed by atoms with Crippen molar-refractivity contribution in [3.63, 3.8) is 0 Å². The first kappa shape index (κ1) is 28.6. The van der Waals surface area contributed by atoms with Crippen molar-refractivity contribution in [1.82, 2.24) is 14.9 Å². The fourth-order valence-corrected chi connectivity index (χ4v) is 5.45. The van der Waals surface area contributed by atoms with Crippen LogP contribution in [0.5, 0.6) is 5.75 Å². The molecule has 1 atom stereocenters. The van der Waals surface area contributed by atoms with Crippen LogP contribution in [-0.2, 0) is 19.6 Å². The molecule has 1 N–H and O–H groups in total. The van der Waals surface area contributed by atoms with Crippen LogP contribution in [0.3, 0.4) is 0 Å². The summed E-state index contributed by atoms with van der Waals surface area (Å²) in [4.78, 5) is 29.2. The van der Waals surface area contributed by atoms with Gasteiger partial charge >= 0.3 is 11.9 Å². The number of benzene rings is 1. The number of rotatable bonds is 11. The number of amides is 1. The van der Waals surface area contributed by atoms with Crippen LogP contribution in [0.25, 0.3) is 0 Å². The lowest BCUT2D eigenvalue weighted by atomic mass is 9.84. The molecule has 1 aromatic heterocycles. The van der Waals surface area contributed by atoms with Crippen molar-refractivity contribution in [2.75, 3.05) is 7.11 Å². The highest BCUT2D eigenvalue weighted by atomic mass is 32.2. The molecule has 1 fully saturated rings. The molecule has 0 bridgehead atoms. The zero-order valence-electron chi connectivity index (χ0n) is 22.0. The zero-order chi connectivity index (χ0) is 27.1. The number of esters is 1. The Kier molecular flexibility index (Phi) is 9.69. The monoisotopic (exact) mass is 535 g/mol. The van der Waals surface area contributed by atoms with E-state index in [0.29, 0.717) is 18.1 Å². The lowest BCUT2D eigenvalue weighted by Gasteiger charge is -2.23. The summed E-state index contributed by atoms with van der Waals surface area (Å²) >= 11 is 0. The predicted octanol–water partition coefficient (Wildman–Crippen LogP) is 4.76. The average Bonchev–Trinajstić information content (AvgIpc) is 3.33. The molecular formula is C26H37N3O7S.